The van der Waals surface area contributed by atoms with Gasteiger partial charge in [0, 0.05) is 0 Å². The summed E-state index contributed by atoms with van der Waals surface area (Å²) in [5.41, 5.74) is 6.13. The summed E-state index contributed by atoms with van der Waals surface area (Å²) in [6, 6.07) is 16.2. The zero-order chi connectivity index (χ0) is 16.8. The molecule has 0 N–H and O–H groups in total. The van der Waals surface area contributed by atoms with Gasteiger partial charge in [0.1, 0.15) is 0 Å². The molecule has 0 unspecified atom stereocenters. The number of fused-ring (bicyclic) bond motifs is 3. The second-order valence-electron chi connectivity index (χ2n) is 7.63. The average Bonchev–Trinajstić information content (AvgIpc) is 3.29. The van der Waals surface area contributed by atoms with Gasteiger partial charge in [0.15, 0.2) is 0 Å². The number of halogens is 2. The second kappa shape index (κ2) is 7.92. The molecular formula is C22H28Cl2SiZr. The molecule has 0 aromatic heterocycles. The maximum Gasteiger partial charge on any atom is -0.147 e. The summed E-state index contributed by atoms with van der Waals surface area (Å²) in [6.45, 7) is 7.36. The van der Waals surface area contributed by atoms with Crippen molar-refractivity contribution in [2.24, 2.45) is 0 Å². The Morgan fingerprint density at radius 3 is 2.27 bits per heavy atom. The van der Waals surface area contributed by atoms with E-state index in [-0.39, 0.29) is 24.8 Å². The van der Waals surface area contributed by atoms with Gasteiger partial charge in [0.25, 0.3) is 0 Å². The van der Waals surface area contributed by atoms with Crippen LogP contribution in [0, 0.1) is 0 Å². The quantitative estimate of drug-likeness (QED) is 0.420. The van der Waals surface area contributed by atoms with Crippen LogP contribution in [-0.2, 0) is 23.8 Å². The summed E-state index contributed by atoms with van der Waals surface area (Å²) in [5.74, 6) is 0. The van der Waals surface area contributed by atoms with Crippen LogP contribution >= 0.6 is 24.8 Å². The van der Waals surface area contributed by atoms with Crippen molar-refractivity contribution < 1.29 is 17.4 Å². The van der Waals surface area contributed by atoms with Gasteiger partial charge in [-0.1, -0.05) is 0 Å². The Kier molecular flexibility index (Phi) is 6.67. The average molecular weight is 483 g/mol. The van der Waals surface area contributed by atoms with Crippen LogP contribution in [-0.4, -0.2) is 6.88 Å². The molecule has 0 spiro atoms. The molecule has 0 heterocycles. The van der Waals surface area contributed by atoms with Crippen LogP contribution in [0.25, 0.3) is 11.1 Å². The molecule has 0 radical (unpaired) electrons. The molecule has 0 atom stereocenters. The summed E-state index contributed by atoms with van der Waals surface area (Å²) < 4.78 is 6.28. The van der Waals surface area contributed by atoms with Gasteiger partial charge in [-0.3, -0.25) is 0 Å². The number of hydrogen-bond acceptors (Lipinski definition) is 0. The molecule has 4 heteroatoms. The Morgan fingerprint density at radius 1 is 0.923 bits per heavy atom. The maximum absolute atomic E-state index is 3.15. The van der Waals surface area contributed by atoms with Crippen molar-refractivity contribution in [2.45, 2.75) is 34.9 Å². The first-order chi connectivity index (χ1) is 11.6. The van der Waals surface area contributed by atoms with E-state index in [1.165, 1.54) is 31.4 Å². The summed E-state index contributed by atoms with van der Waals surface area (Å²) in [6.07, 6.45) is 9.43. The minimum absolute atomic E-state index is 0. The fourth-order valence-electron chi connectivity index (χ4n) is 4.96. The Morgan fingerprint density at radius 2 is 1.62 bits per heavy atom. The fraction of sp³-hybridized carbons (Fsp3) is 0.273. The van der Waals surface area contributed by atoms with E-state index in [9.17, 15) is 0 Å². The largest absolute Gasteiger partial charge is 0.147 e. The van der Waals surface area contributed by atoms with Gasteiger partial charge >= 0.3 is 149 Å². The van der Waals surface area contributed by atoms with Crippen LogP contribution in [0.1, 0.15) is 31.4 Å². The van der Waals surface area contributed by atoms with Gasteiger partial charge in [-0.25, -0.2) is 0 Å². The fourth-order valence-corrected chi connectivity index (χ4v) is 21.4. The minimum Gasteiger partial charge on any atom is -0.147 e. The van der Waals surface area contributed by atoms with Crippen LogP contribution in [0.15, 0.2) is 64.0 Å². The molecule has 138 valence electrons. The van der Waals surface area contributed by atoms with Crippen molar-refractivity contribution in [3.8, 4) is 11.1 Å². The molecule has 0 amide bonds. The number of rotatable bonds is 4. The van der Waals surface area contributed by atoms with Gasteiger partial charge in [0.05, 0.1) is 0 Å². The molecule has 0 saturated carbocycles. The molecule has 0 aliphatic heterocycles. The monoisotopic (exact) mass is 480 g/mol. The summed E-state index contributed by atoms with van der Waals surface area (Å²) in [7, 11) is 0. The molecule has 26 heavy (non-hydrogen) atoms. The van der Waals surface area contributed by atoms with E-state index in [4.69, 9.17) is 0 Å². The Labute approximate surface area is 172 Å². The number of hydrogen-bond donors (Lipinski definition) is 0. The van der Waals surface area contributed by atoms with Crippen LogP contribution in [0.4, 0.5) is 0 Å². The minimum atomic E-state index is -3.15. The van der Waals surface area contributed by atoms with E-state index >= 15 is 0 Å². The van der Waals surface area contributed by atoms with Crippen LogP contribution < -0.4 is 3.27 Å². The van der Waals surface area contributed by atoms with E-state index in [1.807, 2.05) is 0 Å². The summed E-state index contributed by atoms with van der Waals surface area (Å²) in [5, 5.41) is 0. The number of allylic oxidation sites excluding steroid dienone is 4. The first-order valence-electron chi connectivity index (χ1n) is 9.22. The van der Waals surface area contributed by atoms with Crippen molar-refractivity contribution in [3.63, 3.8) is 0 Å². The zero-order valence-corrected chi connectivity index (χ0v) is 21.1. The molecule has 0 bridgehead atoms. The normalized spacial score (nSPS) is 14.8. The van der Waals surface area contributed by atoms with E-state index in [1.54, 1.807) is 12.1 Å². The summed E-state index contributed by atoms with van der Waals surface area (Å²) in [4.78, 5) is 0. The third-order valence-corrected chi connectivity index (χ3v) is 35.8. The molecule has 0 saturated heterocycles. The maximum atomic E-state index is 2.50. The van der Waals surface area contributed by atoms with Gasteiger partial charge in [-0.2, -0.15) is 0 Å². The Balaban J connectivity index is 0.00000121. The van der Waals surface area contributed by atoms with Crippen LogP contribution in [0.3, 0.4) is 0 Å². The number of benzene rings is 2. The molecule has 2 aromatic carbocycles. The van der Waals surface area contributed by atoms with Gasteiger partial charge in [0.2, 0.25) is 0 Å². The van der Waals surface area contributed by atoms with Crippen LogP contribution in [0.5, 0.6) is 0 Å². The smallest absolute Gasteiger partial charge is 0.147 e. The van der Waals surface area contributed by atoms with Crippen molar-refractivity contribution in [3.05, 3.63) is 75.1 Å². The summed E-state index contributed by atoms with van der Waals surface area (Å²) >= 11 is -3.15. The standard InChI is InChI=1S/C13H9.C5H5.2C2H5.2ClH.H2Si.Zr/c1-3-7-12-10(5-1)9-11-6-2-4-8-13(11)12;1-2-4-5-3-1;2*1-2;;;;/h1-5,7-8H,9H2;1-3H,4H2;2*1H2,2H3;2*1H;1H2;. The van der Waals surface area contributed by atoms with Crippen molar-refractivity contribution in [2.75, 3.05) is 0 Å². The van der Waals surface area contributed by atoms with Crippen molar-refractivity contribution >= 4 is 35.0 Å². The molecule has 2 aliphatic rings. The topological polar surface area (TPSA) is 0 Å². The van der Waals surface area contributed by atoms with E-state index < -0.39 is 17.4 Å². The third kappa shape index (κ3) is 2.98. The van der Waals surface area contributed by atoms with E-state index in [0.29, 0.717) is 0 Å². The zero-order valence-electron chi connectivity index (χ0n) is 15.6. The first kappa shape index (κ1) is 21.9. The molecule has 2 aromatic rings. The predicted octanol–water partition coefficient (Wildman–Crippen LogP) is 5.68. The Hall–Kier alpha value is -0.400. The Bertz CT molecular complexity index is 948. The molecule has 0 nitrogen and oxygen atoms in total. The van der Waals surface area contributed by atoms with Gasteiger partial charge in [-0.15, -0.1) is 24.8 Å². The van der Waals surface area contributed by atoms with E-state index in [0.717, 1.165) is 6.42 Å². The molecular weight excluding hydrogens is 454 g/mol. The van der Waals surface area contributed by atoms with Gasteiger partial charge in [-0.05, 0) is 0 Å². The van der Waals surface area contributed by atoms with Gasteiger partial charge < -0.3 is 0 Å². The van der Waals surface area contributed by atoms with Crippen LogP contribution in [0.2, 0.25) is 8.26 Å². The SMILES string of the molecule is C[CH2][Zr](=[SiH2])([CH2]C)([C]1=CC=CC1)[c]1cccc2c1Cc1ccccc1-2.Cl.Cl. The molecule has 4 rings (SSSR count). The van der Waals surface area contributed by atoms with Crippen molar-refractivity contribution in [1.29, 1.82) is 0 Å². The van der Waals surface area contributed by atoms with Crippen molar-refractivity contribution in [1.82, 2.24) is 0 Å². The van der Waals surface area contributed by atoms with E-state index in [2.05, 4.69) is 81.4 Å². The molecule has 2 aliphatic carbocycles. The predicted molar refractivity (Wildman–Crippen MR) is 120 cm³/mol. The third-order valence-electron chi connectivity index (χ3n) is 6.88. The first-order valence-corrected chi connectivity index (χ1v) is 21.1. The second-order valence-corrected chi connectivity index (χ2v) is 33.6. The molecule has 0 fully saturated rings.